The van der Waals surface area contributed by atoms with E-state index in [1.54, 1.807) is 11.6 Å². The van der Waals surface area contributed by atoms with Crippen LogP contribution in [0.15, 0.2) is 72.8 Å². The van der Waals surface area contributed by atoms with Gasteiger partial charge in [-0.2, -0.15) is 4.52 Å². The van der Waals surface area contributed by atoms with Crippen LogP contribution >= 0.6 is 0 Å². The van der Waals surface area contributed by atoms with E-state index in [9.17, 15) is 0 Å². The number of nitrogens with zero attached hydrogens (tertiary/aromatic N) is 4. The predicted octanol–water partition coefficient (Wildman–Crippen LogP) is 4.87. The van der Waals surface area contributed by atoms with Crippen molar-refractivity contribution < 1.29 is 4.74 Å². The van der Waals surface area contributed by atoms with Crippen molar-refractivity contribution in [2.75, 3.05) is 12.4 Å². The number of ether oxygens (including phenoxy) is 1. The molecular weight excluding hydrogens is 374 g/mol. The zero-order valence-electron chi connectivity index (χ0n) is 16.8. The number of nitrogens with one attached hydrogen (secondary N) is 1. The Balaban J connectivity index is 1.60. The Morgan fingerprint density at radius 2 is 1.80 bits per heavy atom. The molecule has 0 amide bonds. The lowest BCUT2D eigenvalue weighted by Gasteiger charge is -2.11. The minimum Gasteiger partial charge on any atom is -0.497 e. The van der Waals surface area contributed by atoms with E-state index in [0.29, 0.717) is 6.54 Å². The first kappa shape index (κ1) is 18.1. The van der Waals surface area contributed by atoms with Crippen LogP contribution in [0.1, 0.15) is 11.1 Å². The number of aromatic nitrogens is 4. The normalized spacial score (nSPS) is 11.1. The molecule has 0 radical (unpaired) electrons. The molecule has 30 heavy (non-hydrogen) atoms. The number of para-hydroxylation sites is 1. The van der Waals surface area contributed by atoms with Gasteiger partial charge < -0.3 is 10.1 Å². The van der Waals surface area contributed by atoms with Gasteiger partial charge in [-0.3, -0.25) is 0 Å². The zero-order valence-corrected chi connectivity index (χ0v) is 16.8. The molecule has 6 heteroatoms. The number of aryl methyl sites for hydroxylation is 1. The van der Waals surface area contributed by atoms with Crippen LogP contribution in [-0.2, 0) is 6.54 Å². The zero-order chi connectivity index (χ0) is 20.5. The third-order valence-corrected chi connectivity index (χ3v) is 5.17. The van der Waals surface area contributed by atoms with Crippen molar-refractivity contribution in [1.82, 2.24) is 19.8 Å². The fourth-order valence-corrected chi connectivity index (χ4v) is 3.57. The topological polar surface area (TPSA) is 64.3 Å². The van der Waals surface area contributed by atoms with Crippen LogP contribution in [0.4, 0.5) is 5.82 Å². The van der Waals surface area contributed by atoms with E-state index in [2.05, 4.69) is 52.9 Å². The molecule has 0 spiro atoms. The monoisotopic (exact) mass is 395 g/mol. The minimum absolute atomic E-state index is 0.631. The predicted molar refractivity (Wildman–Crippen MR) is 119 cm³/mol. The summed E-state index contributed by atoms with van der Waals surface area (Å²) in [5, 5.41) is 13.3. The van der Waals surface area contributed by atoms with Gasteiger partial charge in [-0.1, -0.05) is 59.3 Å². The standard InChI is InChI=1S/C24H21N5O/c1-16-10-12-18(13-11-16)22-24-26-23(25-15-17-6-5-7-19(14-17)30-2)20-8-3-4-9-21(20)29(24)28-27-22/h3-14H,15H2,1-2H3,(H,25,26). The van der Waals surface area contributed by atoms with Gasteiger partial charge in [0.25, 0.3) is 0 Å². The smallest absolute Gasteiger partial charge is 0.186 e. The molecule has 0 aliphatic carbocycles. The highest BCUT2D eigenvalue weighted by molar-refractivity contribution is 5.93. The molecule has 0 aliphatic rings. The molecule has 0 unspecified atom stereocenters. The number of hydrogen-bond donors (Lipinski definition) is 1. The molecule has 0 fully saturated rings. The summed E-state index contributed by atoms with van der Waals surface area (Å²) in [6.45, 7) is 2.70. The van der Waals surface area contributed by atoms with Gasteiger partial charge in [0.15, 0.2) is 5.65 Å². The maximum absolute atomic E-state index is 5.33. The largest absolute Gasteiger partial charge is 0.497 e. The molecule has 2 heterocycles. The Bertz CT molecular complexity index is 1340. The molecule has 6 nitrogen and oxygen atoms in total. The molecule has 1 N–H and O–H groups in total. The van der Waals surface area contributed by atoms with Crippen LogP contribution in [0, 0.1) is 6.92 Å². The second kappa shape index (κ2) is 7.48. The number of hydrogen-bond acceptors (Lipinski definition) is 5. The molecular formula is C24H21N5O. The van der Waals surface area contributed by atoms with E-state index in [0.717, 1.165) is 44.9 Å². The van der Waals surface area contributed by atoms with Gasteiger partial charge >= 0.3 is 0 Å². The van der Waals surface area contributed by atoms with Crippen molar-refractivity contribution in [2.45, 2.75) is 13.5 Å². The summed E-state index contributed by atoms with van der Waals surface area (Å²) in [6, 6.07) is 24.4. The van der Waals surface area contributed by atoms with E-state index in [-0.39, 0.29) is 0 Å². The highest BCUT2D eigenvalue weighted by atomic mass is 16.5. The summed E-state index contributed by atoms with van der Waals surface area (Å²) >= 11 is 0. The SMILES string of the molecule is COc1cccc(CNc2nc3c(-c4ccc(C)cc4)nnn3c3ccccc23)c1. The summed E-state index contributed by atoms with van der Waals surface area (Å²) < 4.78 is 7.14. The molecule has 2 aromatic heterocycles. The maximum atomic E-state index is 5.33. The number of rotatable bonds is 5. The Morgan fingerprint density at radius 3 is 2.63 bits per heavy atom. The molecule has 0 bridgehead atoms. The van der Waals surface area contributed by atoms with Crippen molar-refractivity contribution in [3.8, 4) is 17.0 Å². The van der Waals surface area contributed by atoms with E-state index >= 15 is 0 Å². The molecule has 0 saturated carbocycles. The van der Waals surface area contributed by atoms with Crippen molar-refractivity contribution in [2.24, 2.45) is 0 Å². The molecule has 148 valence electrons. The highest BCUT2D eigenvalue weighted by Gasteiger charge is 2.15. The van der Waals surface area contributed by atoms with Crippen LogP contribution in [0.3, 0.4) is 0 Å². The molecule has 5 rings (SSSR count). The van der Waals surface area contributed by atoms with Gasteiger partial charge in [0.05, 0.1) is 12.6 Å². The summed E-state index contributed by atoms with van der Waals surface area (Å²) in [7, 11) is 1.68. The lowest BCUT2D eigenvalue weighted by molar-refractivity contribution is 0.414. The van der Waals surface area contributed by atoms with E-state index in [1.807, 2.05) is 42.5 Å². The van der Waals surface area contributed by atoms with Crippen LogP contribution in [0.5, 0.6) is 5.75 Å². The highest BCUT2D eigenvalue weighted by Crippen LogP contribution is 2.28. The van der Waals surface area contributed by atoms with Crippen molar-refractivity contribution in [3.63, 3.8) is 0 Å². The lowest BCUT2D eigenvalue weighted by Crippen LogP contribution is -2.05. The number of anilines is 1. The minimum atomic E-state index is 0.631. The Labute approximate surface area is 174 Å². The van der Waals surface area contributed by atoms with Gasteiger partial charge in [0, 0.05) is 17.5 Å². The maximum Gasteiger partial charge on any atom is 0.186 e. The Morgan fingerprint density at radius 1 is 0.967 bits per heavy atom. The number of fused-ring (bicyclic) bond motifs is 3. The van der Waals surface area contributed by atoms with Crippen molar-refractivity contribution >= 4 is 22.4 Å². The first-order valence-electron chi connectivity index (χ1n) is 9.81. The average Bonchev–Trinajstić information content (AvgIpc) is 3.22. The number of methoxy groups -OCH3 is 1. The second-order valence-corrected chi connectivity index (χ2v) is 7.22. The molecule has 0 saturated heterocycles. The Hall–Kier alpha value is -3.93. The molecule has 0 aliphatic heterocycles. The summed E-state index contributed by atoms with van der Waals surface area (Å²) in [5.41, 5.74) is 5.77. The van der Waals surface area contributed by atoms with Gasteiger partial charge in [-0.05, 0) is 36.8 Å². The first-order valence-corrected chi connectivity index (χ1v) is 9.81. The summed E-state index contributed by atoms with van der Waals surface area (Å²) in [6.07, 6.45) is 0. The first-order chi connectivity index (χ1) is 14.7. The van der Waals surface area contributed by atoms with E-state index < -0.39 is 0 Å². The van der Waals surface area contributed by atoms with Gasteiger partial charge in [-0.15, -0.1) is 5.10 Å². The van der Waals surface area contributed by atoms with E-state index in [4.69, 9.17) is 9.72 Å². The number of benzene rings is 3. The Kier molecular flexibility index (Phi) is 4.52. The van der Waals surface area contributed by atoms with Crippen LogP contribution in [-0.4, -0.2) is 26.9 Å². The lowest BCUT2D eigenvalue weighted by atomic mass is 10.1. The molecule has 5 aromatic rings. The van der Waals surface area contributed by atoms with Crippen molar-refractivity contribution in [3.05, 3.63) is 83.9 Å². The molecule has 0 atom stereocenters. The van der Waals surface area contributed by atoms with Gasteiger partial charge in [-0.25, -0.2) is 4.98 Å². The van der Waals surface area contributed by atoms with E-state index in [1.165, 1.54) is 5.56 Å². The third-order valence-electron chi connectivity index (χ3n) is 5.17. The van der Waals surface area contributed by atoms with Gasteiger partial charge in [0.1, 0.15) is 17.3 Å². The van der Waals surface area contributed by atoms with Gasteiger partial charge in [0.2, 0.25) is 0 Å². The van der Waals surface area contributed by atoms with Crippen molar-refractivity contribution in [1.29, 1.82) is 0 Å². The average molecular weight is 395 g/mol. The quantitative estimate of drug-likeness (QED) is 0.460. The fraction of sp³-hybridized carbons (Fsp3) is 0.125. The third kappa shape index (κ3) is 3.22. The summed E-state index contributed by atoms with van der Waals surface area (Å²) in [5.74, 6) is 1.64. The van der Waals surface area contributed by atoms with Crippen LogP contribution in [0.2, 0.25) is 0 Å². The molecule has 3 aromatic carbocycles. The fourth-order valence-electron chi connectivity index (χ4n) is 3.57. The van der Waals surface area contributed by atoms with Crippen LogP contribution < -0.4 is 10.1 Å². The second-order valence-electron chi connectivity index (χ2n) is 7.22. The van der Waals surface area contributed by atoms with Crippen LogP contribution in [0.25, 0.3) is 27.8 Å². The summed E-state index contributed by atoms with van der Waals surface area (Å²) in [4.78, 5) is 4.92.